The molecule has 2 heterocycles. The number of hydrogen-bond donors (Lipinski definition) is 2. The van der Waals surface area contributed by atoms with Crippen LogP contribution < -0.4 is 5.32 Å². The number of carboxylic acids is 1. The molecule has 3 aromatic rings. The molecule has 1 aromatic heterocycles. The minimum absolute atomic E-state index is 0.0414. The lowest BCUT2D eigenvalue weighted by Gasteiger charge is -2.24. The normalized spacial score (nSPS) is 15.8. The highest BCUT2D eigenvalue weighted by molar-refractivity contribution is 7.15. The van der Waals surface area contributed by atoms with Gasteiger partial charge in [0.1, 0.15) is 10.7 Å². The van der Waals surface area contributed by atoms with Crippen LogP contribution in [0.1, 0.15) is 32.5 Å². The van der Waals surface area contributed by atoms with Gasteiger partial charge >= 0.3 is 5.97 Å². The van der Waals surface area contributed by atoms with E-state index in [-0.39, 0.29) is 22.5 Å². The van der Waals surface area contributed by atoms with Crippen LogP contribution in [0.5, 0.6) is 0 Å². The smallest absolute Gasteiger partial charge is 0.346 e. The Kier molecular flexibility index (Phi) is 4.43. The van der Waals surface area contributed by atoms with Crippen molar-refractivity contribution < 1.29 is 27.9 Å². The van der Waals surface area contributed by atoms with Gasteiger partial charge in [-0.05, 0) is 35.4 Å². The van der Waals surface area contributed by atoms with Gasteiger partial charge in [-0.15, -0.1) is 11.3 Å². The molecule has 2 N–H and O–H groups in total. The number of carboxylic acid groups (broad SMARTS) is 1. The van der Waals surface area contributed by atoms with Crippen LogP contribution in [0.2, 0.25) is 0 Å². The van der Waals surface area contributed by atoms with E-state index in [0.717, 1.165) is 23.5 Å². The summed E-state index contributed by atoms with van der Waals surface area (Å²) in [5.41, 5.74) is 1.13. The first-order valence-corrected chi connectivity index (χ1v) is 9.07. The molecule has 0 saturated carbocycles. The molecule has 4 rings (SSSR count). The molecule has 1 atom stereocenters. The molecule has 0 fully saturated rings. The average Bonchev–Trinajstić information content (AvgIpc) is 3.03. The molecular formula is C20H12F3NO3S. The van der Waals surface area contributed by atoms with Crippen LogP contribution in [0.15, 0.2) is 42.5 Å². The van der Waals surface area contributed by atoms with Crippen molar-refractivity contribution >= 4 is 28.9 Å². The number of thiophene rings is 1. The number of nitrogens with one attached hydrogen (secondary N) is 1. The highest BCUT2D eigenvalue weighted by Gasteiger charge is 2.34. The van der Waals surface area contributed by atoms with Gasteiger partial charge in [0, 0.05) is 22.8 Å². The zero-order valence-corrected chi connectivity index (χ0v) is 14.9. The minimum atomic E-state index is -1.23. The molecule has 0 unspecified atom stereocenters. The first kappa shape index (κ1) is 18.2. The Labute approximate surface area is 161 Å². The van der Waals surface area contributed by atoms with Gasteiger partial charge in [-0.25, -0.2) is 18.0 Å². The van der Waals surface area contributed by atoms with E-state index in [1.54, 1.807) is 6.07 Å². The topological polar surface area (TPSA) is 66.4 Å². The molecule has 142 valence electrons. The van der Waals surface area contributed by atoms with Crippen LogP contribution in [-0.4, -0.2) is 17.0 Å². The Morgan fingerprint density at radius 1 is 1.11 bits per heavy atom. The zero-order valence-electron chi connectivity index (χ0n) is 14.1. The lowest BCUT2D eigenvalue weighted by molar-refractivity contribution is -0.116. The van der Waals surface area contributed by atoms with Gasteiger partial charge in [0.25, 0.3) is 0 Å². The predicted octanol–water partition coefficient (Wildman–Crippen LogP) is 5.00. The van der Waals surface area contributed by atoms with E-state index in [4.69, 9.17) is 0 Å². The molecule has 0 saturated heterocycles. The van der Waals surface area contributed by atoms with Crippen molar-refractivity contribution in [3.05, 3.63) is 75.2 Å². The number of halogens is 3. The van der Waals surface area contributed by atoms with Crippen LogP contribution >= 0.6 is 11.3 Å². The number of fused-ring (bicyclic) bond motifs is 1. The fraction of sp³-hybridized carbons (Fsp3) is 0.100. The SMILES string of the molecule is O=C1C[C@H](c2ccc(F)c(F)c2)c2sc(C(=O)O)c(-c3cccc(F)c3)c2N1. The Bertz CT molecular complexity index is 1130. The van der Waals surface area contributed by atoms with Crippen molar-refractivity contribution in [1.29, 1.82) is 0 Å². The zero-order chi connectivity index (χ0) is 20.0. The molecule has 1 amide bonds. The van der Waals surface area contributed by atoms with Crippen molar-refractivity contribution in [3.63, 3.8) is 0 Å². The maximum absolute atomic E-state index is 13.7. The van der Waals surface area contributed by atoms with E-state index in [0.29, 0.717) is 16.0 Å². The number of aromatic carboxylic acids is 1. The van der Waals surface area contributed by atoms with Crippen molar-refractivity contribution in [2.75, 3.05) is 5.32 Å². The molecule has 28 heavy (non-hydrogen) atoms. The fourth-order valence-corrected chi connectivity index (χ4v) is 4.60. The van der Waals surface area contributed by atoms with E-state index in [1.807, 2.05) is 0 Å². The molecule has 8 heteroatoms. The Morgan fingerprint density at radius 2 is 1.89 bits per heavy atom. The van der Waals surface area contributed by atoms with Gasteiger partial charge < -0.3 is 10.4 Å². The Balaban J connectivity index is 1.94. The molecule has 1 aliphatic heterocycles. The van der Waals surface area contributed by atoms with Crippen LogP contribution in [-0.2, 0) is 4.79 Å². The third kappa shape index (κ3) is 3.05. The molecular weight excluding hydrogens is 391 g/mol. The van der Waals surface area contributed by atoms with Gasteiger partial charge in [-0.1, -0.05) is 18.2 Å². The molecule has 0 spiro atoms. The minimum Gasteiger partial charge on any atom is -0.477 e. The van der Waals surface area contributed by atoms with Crippen molar-refractivity contribution in [3.8, 4) is 11.1 Å². The maximum Gasteiger partial charge on any atom is 0.346 e. The maximum atomic E-state index is 13.7. The second-order valence-corrected chi connectivity index (χ2v) is 7.39. The molecule has 1 aliphatic rings. The summed E-state index contributed by atoms with van der Waals surface area (Å²) in [4.78, 5) is 24.5. The van der Waals surface area contributed by atoms with Gasteiger partial charge in [-0.3, -0.25) is 4.79 Å². The number of rotatable bonds is 3. The van der Waals surface area contributed by atoms with Crippen molar-refractivity contribution in [1.82, 2.24) is 0 Å². The molecule has 0 radical (unpaired) electrons. The highest BCUT2D eigenvalue weighted by atomic mass is 32.1. The summed E-state index contributed by atoms with van der Waals surface area (Å²) in [6, 6.07) is 8.74. The third-order valence-electron chi connectivity index (χ3n) is 4.56. The summed E-state index contributed by atoms with van der Waals surface area (Å²) < 4.78 is 40.7. The highest BCUT2D eigenvalue weighted by Crippen LogP contribution is 2.49. The first-order chi connectivity index (χ1) is 13.3. The van der Waals surface area contributed by atoms with E-state index >= 15 is 0 Å². The lowest BCUT2D eigenvalue weighted by atomic mass is 9.88. The Morgan fingerprint density at radius 3 is 2.57 bits per heavy atom. The predicted molar refractivity (Wildman–Crippen MR) is 98.1 cm³/mol. The summed E-state index contributed by atoms with van der Waals surface area (Å²) in [6.07, 6.45) is -0.0414. The number of carbonyl (C=O) groups excluding carboxylic acids is 1. The quantitative estimate of drug-likeness (QED) is 0.647. The summed E-state index contributed by atoms with van der Waals surface area (Å²) >= 11 is 0.933. The van der Waals surface area contributed by atoms with Crippen LogP contribution in [0.25, 0.3) is 11.1 Å². The van der Waals surface area contributed by atoms with Gasteiger partial charge in [-0.2, -0.15) is 0 Å². The van der Waals surface area contributed by atoms with Gasteiger partial charge in [0.15, 0.2) is 11.6 Å². The summed E-state index contributed by atoms with van der Waals surface area (Å²) in [7, 11) is 0. The number of hydrogen-bond acceptors (Lipinski definition) is 3. The van der Waals surface area contributed by atoms with E-state index in [1.165, 1.54) is 24.3 Å². The van der Waals surface area contributed by atoms with Crippen molar-refractivity contribution in [2.24, 2.45) is 0 Å². The average molecular weight is 403 g/mol. The monoisotopic (exact) mass is 403 g/mol. The molecule has 4 nitrogen and oxygen atoms in total. The van der Waals surface area contributed by atoms with Crippen LogP contribution in [0, 0.1) is 17.5 Å². The summed E-state index contributed by atoms with van der Waals surface area (Å²) in [5.74, 6) is -4.86. The second kappa shape index (κ2) is 6.79. The summed E-state index contributed by atoms with van der Waals surface area (Å²) in [6.45, 7) is 0. The number of benzene rings is 2. The van der Waals surface area contributed by atoms with E-state index in [9.17, 15) is 27.9 Å². The number of anilines is 1. The molecule has 2 aromatic carbocycles. The van der Waals surface area contributed by atoms with Crippen LogP contribution in [0.4, 0.5) is 18.9 Å². The fourth-order valence-electron chi connectivity index (χ4n) is 3.36. The largest absolute Gasteiger partial charge is 0.477 e. The third-order valence-corrected chi connectivity index (χ3v) is 5.85. The van der Waals surface area contributed by atoms with Crippen LogP contribution in [0.3, 0.4) is 0 Å². The van der Waals surface area contributed by atoms with E-state index in [2.05, 4.69) is 5.32 Å². The van der Waals surface area contributed by atoms with E-state index < -0.39 is 35.2 Å². The lowest BCUT2D eigenvalue weighted by Crippen LogP contribution is -2.22. The van der Waals surface area contributed by atoms with Gasteiger partial charge in [0.05, 0.1) is 5.69 Å². The second-order valence-electron chi connectivity index (χ2n) is 6.34. The Hall–Kier alpha value is -3.13. The first-order valence-electron chi connectivity index (χ1n) is 8.26. The molecule has 0 bridgehead atoms. The van der Waals surface area contributed by atoms with Gasteiger partial charge in [0.2, 0.25) is 5.91 Å². The number of amides is 1. The molecule has 0 aliphatic carbocycles. The van der Waals surface area contributed by atoms with Crippen molar-refractivity contribution in [2.45, 2.75) is 12.3 Å². The number of carbonyl (C=O) groups is 2. The standard InChI is InChI=1S/C20H12F3NO3S/c21-11-3-1-2-10(6-11)16-17-18(28-19(16)20(26)27)12(8-15(25)24-17)9-4-5-13(22)14(23)7-9/h1-7,12H,8H2,(H,24,25)(H,26,27)/t12-/m1/s1. The summed E-state index contributed by atoms with van der Waals surface area (Å²) in [5, 5.41) is 12.3.